The van der Waals surface area contributed by atoms with Crippen LogP contribution in [-0.2, 0) is 0 Å². The van der Waals surface area contributed by atoms with Crippen molar-refractivity contribution in [3.8, 4) is 0 Å². The van der Waals surface area contributed by atoms with Crippen LogP contribution >= 0.6 is 0 Å². The van der Waals surface area contributed by atoms with E-state index >= 15 is 0 Å². The van der Waals surface area contributed by atoms with Crippen molar-refractivity contribution < 1.29 is 0 Å². The minimum Gasteiger partial charge on any atom is -0.283 e. The van der Waals surface area contributed by atoms with Gasteiger partial charge in [-0.05, 0) is 13.8 Å². The van der Waals surface area contributed by atoms with E-state index < -0.39 is 0 Å². The quantitative estimate of drug-likeness (QED) is 0.400. The molecule has 0 fully saturated rings. The predicted octanol–water partition coefficient (Wildman–Crippen LogP) is 0.849. The summed E-state index contributed by atoms with van der Waals surface area (Å²) in [6, 6.07) is 0. The summed E-state index contributed by atoms with van der Waals surface area (Å²) < 4.78 is 0. The molecule has 0 aromatic heterocycles. The molecular weight excluding hydrogens is 62.1 g/mol. The average molecular weight is 69.1 g/mol. The molecule has 0 radical (unpaired) electrons. The van der Waals surface area contributed by atoms with Gasteiger partial charge in [0.05, 0.1) is 5.54 Å². The lowest BCUT2D eigenvalue weighted by Crippen LogP contribution is -1.94. The Kier molecular flexibility index (Phi) is 0.257. The molecule has 1 aliphatic heterocycles. The Labute approximate surface area is 31.7 Å². The van der Waals surface area contributed by atoms with E-state index in [9.17, 15) is 0 Å². The highest BCUT2D eigenvalue weighted by Gasteiger charge is 2.21. The van der Waals surface area contributed by atoms with Gasteiger partial charge < -0.3 is 0 Å². The summed E-state index contributed by atoms with van der Waals surface area (Å²) in [7, 11) is 0. The Bertz CT molecular complexity index is 63.7. The number of rotatable bonds is 0. The van der Waals surface area contributed by atoms with Gasteiger partial charge in [-0.25, -0.2) is 0 Å². The molecule has 1 heterocycles. The lowest BCUT2D eigenvalue weighted by atomic mass is 10.2. The van der Waals surface area contributed by atoms with Gasteiger partial charge in [0.1, 0.15) is 0 Å². The maximum absolute atomic E-state index is 3.91. The van der Waals surface area contributed by atoms with Crippen LogP contribution in [0.4, 0.5) is 0 Å². The van der Waals surface area contributed by atoms with Crippen molar-refractivity contribution in [2.75, 3.05) is 0 Å². The van der Waals surface area contributed by atoms with Gasteiger partial charge >= 0.3 is 0 Å². The van der Waals surface area contributed by atoms with Gasteiger partial charge in [-0.2, -0.15) is 0 Å². The van der Waals surface area contributed by atoms with Crippen molar-refractivity contribution in [2.45, 2.75) is 19.4 Å². The fraction of sp³-hybridized carbons (Fsp3) is 0.750. The zero-order valence-electron chi connectivity index (χ0n) is 3.52. The van der Waals surface area contributed by atoms with Crippen LogP contribution in [0.25, 0.3) is 0 Å². The lowest BCUT2D eigenvalue weighted by Gasteiger charge is -1.85. The molecule has 0 atom stereocenters. The molecule has 0 aliphatic carbocycles. The van der Waals surface area contributed by atoms with Crippen molar-refractivity contribution in [3.05, 3.63) is 0 Å². The lowest BCUT2D eigenvalue weighted by molar-refractivity contribution is 0.831. The van der Waals surface area contributed by atoms with E-state index in [1.165, 1.54) is 0 Å². The van der Waals surface area contributed by atoms with Gasteiger partial charge in [-0.15, -0.1) is 0 Å². The van der Waals surface area contributed by atoms with Crippen LogP contribution < -0.4 is 0 Å². The van der Waals surface area contributed by atoms with Crippen molar-refractivity contribution >= 4 is 6.21 Å². The second kappa shape index (κ2) is 0.445. The summed E-state index contributed by atoms with van der Waals surface area (Å²) in [5.41, 5.74) is 0.250. The topological polar surface area (TPSA) is 12.4 Å². The summed E-state index contributed by atoms with van der Waals surface area (Å²) in [5.74, 6) is 0. The molecule has 0 saturated carbocycles. The Balaban J connectivity index is 2.47. The normalized spacial score (nSPS) is 26.8. The third-order valence-electron chi connectivity index (χ3n) is 0.645. The van der Waals surface area contributed by atoms with Gasteiger partial charge in [-0.3, -0.25) is 4.99 Å². The zero-order chi connectivity index (χ0) is 3.91. The second-order valence-electron chi connectivity index (χ2n) is 1.91. The molecule has 0 aromatic carbocycles. The van der Waals surface area contributed by atoms with Crippen LogP contribution in [0.15, 0.2) is 4.99 Å². The Morgan fingerprint density at radius 1 is 1.60 bits per heavy atom. The number of hydrogen-bond acceptors (Lipinski definition) is 1. The van der Waals surface area contributed by atoms with Crippen LogP contribution in [0.2, 0.25) is 0 Å². The zero-order valence-corrected chi connectivity index (χ0v) is 3.52. The largest absolute Gasteiger partial charge is 0.283 e. The van der Waals surface area contributed by atoms with Crippen molar-refractivity contribution in [1.82, 2.24) is 0 Å². The van der Waals surface area contributed by atoms with Gasteiger partial charge in [-0.1, -0.05) is 0 Å². The minimum absolute atomic E-state index is 0.250. The molecule has 0 unspecified atom stereocenters. The Morgan fingerprint density at radius 2 is 1.80 bits per heavy atom. The average Bonchev–Trinajstić information content (AvgIpc) is 1.76. The first kappa shape index (κ1) is 2.88. The minimum atomic E-state index is 0.250. The first-order chi connectivity index (χ1) is 2.21. The summed E-state index contributed by atoms with van der Waals surface area (Å²) in [4.78, 5) is 3.91. The molecule has 0 amide bonds. The molecule has 1 nitrogen and oxygen atoms in total. The van der Waals surface area contributed by atoms with Crippen LogP contribution in [0, 0.1) is 0 Å². The predicted molar refractivity (Wildman–Crippen MR) is 22.6 cm³/mol. The smallest absolute Gasteiger partial charge is 0.0894 e. The van der Waals surface area contributed by atoms with Crippen LogP contribution in [0.5, 0.6) is 0 Å². The van der Waals surface area contributed by atoms with E-state index in [0.717, 1.165) is 0 Å². The molecule has 1 heteroatoms. The number of nitrogens with zero attached hydrogens (tertiary/aromatic N) is 1. The van der Waals surface area contributed by atoms with E-state index in [1.807, 2.05) is 6.21 Å². The molecule has 0 saturated heterocycles. The van der Waals surface area contributed by atoms with E-state index in [2.05, 4.69) is 18.8 Å². The van der Waals surface area contributed by atoms with Crippen LogP contribution in [-0.4, -0.2) is 11.8 Å². The summed E-state index contributed by atoms with van der Waals surface area (Å²) in [6.45, 7) is 4.15. The summed E-state index contributed by atoms with van der Waals surface area (Å²) >= 11 is 0. The molecule has 28 valence electrons. The van der Waals surface area contributed by atoms with Crippen LogP contribution in [0.3, 0.4) is 0 Å². The molecule has 0 spiro atoms. The fourth-order valence-electron chi connectivity index (χ4n) is 0.129. The van der Waals surface area contributed by atoms with E-state index in [4.69, 9.17) is 0 Å². The van der Waals surface area contributed by atoms with E-state index in [0.29, 0.717) is 0 Å². The first-order valence-electron chi connectivity index (χ1n) is 1.77. The third kappa shape index (κ3) is 0.469. The van der Waals surface area contributed by atoms with E-state index in [-0.39, 0.29) is 5.54 Å². The molecule has 0 bridgehead atoms. The van der Waals surface area contributed by atoms with Crippen LogP contribution in [0.1, 0.15) is 13.8 Å². The van der Waals surface area contributed by atoms with Crippen molar-refractivity contribution in [2.24, 2.45) is 4.99 Å². The van der Waals surface area contributed by atoms with Crippen molar-refractivity contribution in [3.63, 3.8) is 0 Å². The number of hydrogen-bond donors (Lipinski definition) is 0. The third-order valence-corrected chi connectivity index (χ3v) is 0.645. The molecular formula is C4H7N. The van der Waals surface area contributed by atoms with Gasteiger partial charge in [0.15, 0.2) is 0 Å². The SMILES string of the molecule is CC1(C)C=N1. The van der Waals surface area contributed by atoms with Gasteiger partial charge in [0.25, 0.3) is 0 Å². The molecule has 1 rings (SSSR count). The maximum atomic E-state index is 3.91. The van der Waals surface area contributed by atoms with E-state index in [1.54, 1.807) is 0 Å². The number of aliphatic imine (C=N–C) groups is 1. The molecule has 5 heavy (non-hydrogen) atoms. The Morgan fingerprint density at radius 3 is 1.80 bits per heavy atom. The van der Waals surface area contributed by atoms with Gasteiger partial charge in [0.2, 0.25) is 0 Å². The first-order valence-corrected chi connectivity index (χ1v) is 1.77. The Hall–Kier alpha value is -0.330. The summed E-state index contributed by atoms with van der Waals surface area (Å²) in [5, 5.41) is 0. The highest BCUT2D eigenvalue weighted by atomic mass is 15.0. The fourth-order valence-corrected chi connectivity index (χ4v) is 0.129. The van der Waals surface area contributed by atoms with Gasteiger partial charge in [0, 0.05) is 6.21 Å². The standard InChI is InChI=1S/C4H7N/c1-4(2)3-5-4/h3H,1-2H3. The molecule has 0 aromatic rings. The van der Waals surface area contributed by atoms with Crippen molar-refractivity contribution in [1.29, 1.82) is 0 Å². The highest BCUT2D eigenvalue weighted by Crippen LogP contribution is 2.15. The second-order valence-corrected chi connectivity index (χ2v) is 1.91. The highest BCUT2D eigenvalue weighted by molar-refractivity contribution is 5.82. The summed E-state index contributed by atoms with van der Waals surface area (Å²) in [6.07, 6.45) is 1.94. The molecule has 1 aliphatic rings. The molecule has 0 N–H and O–H groups in total. The maximum Gasteiger partial charge on any atom is 0.0894 e. The monoisotopic (exact) mass is 69.1 g/mol.